The molecule has 1 aliphatic rings. The molecule has 0 aromatic heterocycles. The van der Waals surface area contributed by atoms with Gasteiger partial charge in [-0.15, -0.1) is 0 Å². The molecule has 238 valence electrons. The van der Waals surface area contributed by atoms with Crippen molar-refractivity contribution in [2.24, 2.45) is 11.8 Å². The van der Waals surface area contributed by atoms with Crippen molar-refractivity contribution in [3.8, 4) is 0 Å². The molecule has 0 aliphatic carbocycles. The lowest BCUT2D eigenvalue weighted by atomic mass is 9.94. The maximum atomic E-state index is 13.8. The van der Waals surface area contributed by atoms with Gasteiger partial charge >= 0.3 is 5.97 Å². The van der Waals surface area contributed by atoms with Gasteiger partial charge in [-0.25, -0.2) is 0 Å². The van der Waals surface area contributed by atoms with Crippen molar-refractivity contribution >= 4 is 17.8 Å². The van der Waals surface area contributed by atoms with E-state index in [0.29, 0.717) is 32.1 Å². The number of amides is 2. The van der Waals surface area contributed by atoms with Crippen LogP contribution in [0.4, 0.5) is 0 Å². The highest BCUT2D eigenvalue weighted by Gasteiger charge is 2.33. The van der Waals surface area contributed by atoms with Crippen LogP contribution in [-0.2, 0) is 36.7 Å². The first-order chi connectivity index (χ1) is 22.0. The molecule has 3 aromatic carbocycles. The second kappa shape index (κ2) is 17.9. The first-order valence-corrected chi connectivity index (χ1v) is 15.6. The molecule has 5 atom stereocenters. The number of benzene rings is 3. The molecule has 45 heavy (non-hydrogen) atoms. The Morgan fingerprint density at radius 1 is 0.933 bits per heavy atom. The lowest BCUT2D eigenvalue weighted by Crippen LogP contribution is -2.47. The summed E-state index contributed by atoms with van der Waals surface area (Å²) in [4.78, 5) is 40.7. The van der Waals surface area contributed by atoms with E-state index < -0.39 is 24.1 Å². The lowest BCUT2D eigenvalue weighted by molar-refractivity contribution is -0.158. The van der Waals surface area contributed by atoms with Gasteiger partial charge in [0.05, 0.1) is 37.1 Å². The molecule has 0 bridgehead atoms. The summed E-state index contributed by atoms with van der Waals surface area (Å²) in [5.74, 6) is -2.05. The van der Waals surface area contributed by atoms with Crippen molar-refractivity contribution in [1.82, 2.24) is 10.6 Å². The fraction of sp³-hybridized carbons (Fsp3) is 0.378. The van der Waals surface area contributed by atoms with Crippen LogP contribution in [0.5, 0.6) is 0 Å². The summed E-state index contributed by atoms with van der Waals surface area (Å²) in [6.07, 6.45) is 5.57. The molecule has 3 aromatic rings. The highest BCUT2D eigenvalue weighted by atomic mass is 16.5. The van der Waals surface area contributed by atoms with Crippen molar-refractivity contribution in [2.45, 2.75) is 56.7 Å². The van der Waals surface area contributed by atoms with Gasteiger partial charge in [0.25, 0.3) is 0 Å². The Morgan fingerprint density at radius 3 is 2.22 bits per heavy atom. The van der Waals surface area contributed by atoms with Gasteiger partial charge in [-0.2, -0.15) is 0 Å². The minimum Gasteiger partial charge on any atom is -0.455 e. The monoisotopic (exact) mass is 612 g/mol. The fourth-order valence-electron chi connectivity index (χ4n) is 5.66. The standard InChI is InChI=1S/C37H44N2O6/c1-44-26-33-35(29-18-10-4-11-19-29)45-37(43)31(22-27-14-6-2-7-15-27)21-13-5-12-20-30(36(42)39-33)24-34(41)38-32(25-40)23-28-16-8-3-9-17-28/h2-12,14-19,30-33,35,40H,13,20-26H2,1H3,(H,38,41)(H,39,42). The molecule has 0 spiro atoms. The van der Waals surface area contributed by atoms with E-state index in [-0.39, 0.29) is 43.3 Å². The van der Waals surface area contributed by atoms with Gasteiger partial charge in [0.1, 0.15) is 6.10 Å². The molecule has 1 aliphatic heterocycles. The van der Waals surface area contributed by atoms with E-state index in [2.05, 4.69) is 10.6 Å². The Morgan fingerprint density at radius 2 is 1.58 bits per heavy atom. The Bertz CT molecular complexity index is 1370. The van der Waals surface area contributed by atoms with E-state index in [0.717, 1.165) is 16.7 Å². The van der Waals surface area contributed by atoms with Crippen LogP contribution in [0.1, 0.15) is 48.5 Å². The zero-order chi connectivity index (χ0) is 31.9. The fourth-order valence-corrected chi connectivity index (χ4v) is 5.66. The van der Waals surface area contributed by atoms with Gasteiger partial charge in [0, 0.05) is 13.5 Å². The third-order valence-corrected chi connectivity index (χ3v) is 8.05. The van der Waals surface area contributed by atoms with E-state index in [9.17, 15) is 19.5 Å². The maximum absolute atomic E-state index is 13.8. The lowest BCUT2D eigenvalue weighted by Gasteiger charge is -2.30. The van der Waals surface area contributed by atoms with E-state index in [4.69, 9.17) is 9.47 Å². The second-order valence-corrected chi connectivity index (χ2v) is 11.5. The number of methoxy groups -OCH3 is 1. The summed E-state index contributed by atoms with van der Waals surface area (Å²) in [5.41, 5.74) is 2.78. The van der Waals surface area contributed by atoms with Crippen LogP contribution in [0, 0.1) is 11.8 Å². The first-order valence-electron chi connectivity index (χ1n) is 15.6. The van der Waals surface area contributed by atoms with Gasteiger partial charge in [-0.3, -0.25) is 14.4 Å². The minimum atomic E-state index is -0.797. The Hall–Kier alpha value is -4.27. The van der Waals surface area contributed by atoms with Crippen molar-refractivity contribution in [3.05, 3.63) is 120 Å². The number of allylic oxidation sites excluding steroid dienone is 2. The van der Waals surface area contributed by atoms with E-state index in [1.807, 2.05) is 103 Å². The Balaban J connectivity index is 1.56. The van der Waals surface area contributed by atoms with Crippen LogP contribution in [0.3, 0.4) is 0 Å². The number of cyclic esters (lactones) is 1. The van der Waals surface area contributed by atoms with Crippen LogP contribution in [-0.4, -0.2) is 55.3 Å². The molecule has 4 rings (SSSR count). The number of carbonyl (C=O) groups excluding carboxylic acids is 3. The zero-order valence-corrected chi connectivity index (χ0v) is 25.8. The number of ether oxygens (including phenoxy) is 2. The van der Waals surface area contributed by atoms with Crippen molar-refractivity contribution in [1.29, 1.82) is 0 Å². The molecule has 0 saturated carbocycles. The number of nitrogens with one attached hydrogen (secondary N) is 2. The molecule has 5 unspecified atom stereocenters. The Kier molecular flexibility index (Phi) is 13.4. The molecule has 8 heteroatoms. The number of esters is 1. The van der Waals surface area contributed by atoms with Gasteiger partial charge in [0.15, 0.2) is 0 Å². The molecule has 2 amide bonds. The summed E-state index contributed by atoms with van der Waals surface area (Å²) in [6.45, 7) is -0.123. The molecular formula is C37H44N2O6. The second-order valence-electron chi connectivity index (χ2n) is 11.5. The number of rotatable bonds is 11. The highest BCUT2D eigenvalue weighted by Crippen LogP contribution is 2.27. The Labute approximate surface area is 265 Å². The summed E-state index contributed by atoms with van der Waals surface area (Å²) in [7, 11) is 1.53. The predicted molar refractivity (Wildman–Crippen MR) is 173 cm³/mol. The average Bonchev–Trinajstić information content (AvgIpc) is 3.07. The summed E-state index contributed by atoms with van der Waals surface area (Å²) >= 11 is 0. The molecule has 0 saturated heterocycles. The zero-order valence-electron chi connectivity index (χ0n) is 25.8. The molecule has 3 N–H and O–H groups in total. The third-order valence-electron chi connectivity index (χ3n) is 8.05. The van der Waals surface area contributed by atoms with Gasteiger partial charge in [0.2, 0.25) is 11.8 Å². The number of hydrogen-bond donors (Lipinski definition) is 3. The first kappa shape index (κ1) is 33.6. The van der Waals surface area contributed by atoms with Crippen molar-refractivity contribution in [3.63, 3.8) is 0 Å². The SMILES string of the molecule is COCC1NC(=O)C(CC(=O)NC(CO)Cc2ccccc2)CC=CCCC(Cc2ccccc2)C(=O)OC1c1ccccc1. The summed E-state index contributed by atoms with van der Waals surface area (Å²) < 4.78 is 11.7. The predicted octanol–water partition coefficient (Wildman–Crippen LogP) is 4.73. The average molecular weight is 613 g/mol. The third kappa shape index (κ3) is 10.7. The normalized spacial score (nSPS) is 21.7. The van der Waals surface area contributed by atoms with Crippen LogP contribution in [0.15, 0.2) is 103 Å². The van der Waals surface area contributed by atoms with Gasteiger partial charge in [-0.1, -0.05) is 103 Å². The van der Waals surface area contributed by atoms with Crippen LogP contribution >= 0.6 is 0 Å². The number of aliphatic hydroxyl groups is 1. The quantitative estimate of drug-likeness (QED) is 0.213. The topological polar surface area (TPSA) is 114 Å². The number of aliphatic hydroxyl groups excluding tert-OH is 1. The van der Waals surface area contributed by atoms with Crippen LogP contribution in [0.2, 0.25) is 0 Å². The maximum Gasteiger partial charge on any atom is 0.309 e. The molecular weight excluding hydrogens is 568 g/mol. The van der Waals surface area contributed by atoms with E-state index >= 15 is 0 Å². The molecule has 0 radical (unpaired) electrons. The molecule has 1 heterocycles. The summed E-state index contributed by atoms with van der Waals surface area (Å²) in [6, 6.07) is 27.7. The summed E-state index contributed by atoms with van der Waals surface area (Å²) in [5, 5.41) is 15.9. The number of hydrogen-bond acceptors (Lipinski definition) is 6. The smallest absolute Gasteiger partial charge is 0.309 e. The van der Waals surface area contributed by atoms with Crippen molar-refractivity contribution in [2.75, 3.05) is 20.3 Å². The molecule has 0 fully saturated rings. The van der Waals surface area contributed by atoms with Crippen LogP contribution in [0.25, 0.3) is 0 Å². The van der Waals surface area contributed by atoms with E-state index in [1.165, 1.54) is 7.11 Å². The largest absolute Gasteiger partial charge is 0.455 e. The van der Waals surface area contributed by atoms with Crippen molar-refractivity contribution < 1.29 is 29.0 Å². The van der Waals surface area contributed by atoms with Gasteiger partial charge in [-0.05, 0) is 48.8 Å². The number of carbonyl (C=O) groups is 3. The minimum absolute atomic E-state index is 0.0619. The highest BCUT2D eigenvalue weighted by molar-refractivity contribution is 5.86. The van der Waals surface area contributed by atoms with Gasteiger partial charge < -0.3 is 25.2 Å². The van der Waals surface area contributed by atoms with E-state index in [1.54, 1.807) is 0 Å². The molecule has 8 nitrogen and oxygen atoms in total. The van der Waals surface area contributed by atoms with Crippen LogP contribution < -0.4 is 10.6 Å².